The Morgan fingerprint density at radius 3 is 1.19 bits per heavy atom. The van der Waals surface area contributed by atoms with Crippen LogP contribution in [-0.2, 0) is 23.3 Å². The van der Waals surface area contributed by atoms with Crippen LogP contribution in [0.2, 0.25) is 0 Å². The molecule has 6 aromatic carbocycles. The molecule has 2 radical (unpaired) electrons. The number of rotatable bonds is 2. The molecule has 6 aromatic rings. The molecule has 0 aliphatic heterocycles. The minimum absolute atomic E-state index is 0. The average molecular weight is 560 g/mol. The molecule has 0 bridgehead atoms. The zero-order valence-electron chi connectivity index (χ0n) is 21.5. The fourth-order valence-corrected chi connectivity index (χ4v) is 4.41. The van der Waals surface area contributed by atoms with Gasteiger partial charge in [0.2, 0.25) is 0 Å². The molecule has 0 aliphatic rings. The van der Waals surface area contributed by atoms with Crippen LogP contribution in [0.15, 0.2) is 121 Å². The van der Waals surface area contributed by atoms with Gasteiger partial charge in [-0.25, -0.2) is 0 Å². The van der Waals surface area contributed by atoms with Crippen molar-refractivity contribution in [2.24, 2.45) is 0 Å². The second kappa shape index (κ2) is 14.1. The molecule has 0 aromatic heterocycles. The third kappa shape index (κ3) is 6.69. The predicted octanol–water partition coefficient (Wildman–Crippen LogP) is 9.59. The van der Waals surface area contributed by atoms with E-state index < -0.39 is 0 Å². The molecule has 0 unspecified atom stereocenters. The standard InChI is InChI=1S/2C16H13.2CH3.Si.Zr/c2*1-12-6-2-5-9-16(12)15-10-13-7-3-4-8-14(13)11-15;;;;/h2*2-11H,1H3;2*1H3;;/q4*-1;;. The Balaban J connectivity index is 0.000000226. The molecule has 36 heavy (non-hydrogen) atoms. The Morgan fingerprint density at radius 2 is 0.833 bits per heavy atom. The van der Waals surface area contributed by atoms with Gasteiger partial charge in [0.25, 0.3) is 0 Å². The SMILES string of the molecule is Cc1ccccc1-c1cc2ccccc2[cH-]1.Cc1ccccc1-c1cc2ccccc2[cH-]1.[CH3-].[CH3-].[Si]=[Zr]. The first-order valence-electron chi connectivity index (χ1n) is 11.4. The zero-order chi connectivity index (χ0) is 23.9. The molecule has 0 atom stereocenters. The van der Waals surface area contributed by atoms with Gasteiger partial charge in [-0.1, -0.05) is 107 Å². The number of benzene rings is 4. The summed E-state index contributed by atoms with van der Waals surface area (Å²) in [6, 6.07) is 43.1. The molecule has 2 heteroatoms. The Hall–Kier alpha value is -2.80. The summed E-state index contributed by atoms with van der Waals surface area (Å²) >= 11 is 1.36. The molecule has 0 spiro atoms. The van der Waals surface area contributed by atoms with E-state index in [0.717, 1.165) is 0 Å². The van der Waals surface area contributed by atoms with Crippen LogP contribution in [0.4, 0.5) is 0 Å². The maximum absolute atomic E-state index is 3.06. The average Bonchev–Trinajstić information content (AvgIpc) is 3.50. The van der Waals surface area contributed by atoms with Gasteiger partial charge in [0.15, 0.2) is 0 Å². The van der Waals surface area contributed by atoms with Gasteiger partial charge < -0.3 is 14.9 Å². The summed E-state index contributed by atoms with van der Waals surface area (Å²) in [5, 5.41) is 5.28. The van der Waals surface area contributed by atoms with Crippen molar-refractivity contribution in [2.45, 2.75) is 13.8 Å². The van der Waals surface area contributed by atoms with Crippen LogP contribution in [-0.4, -0.2) is 6.88 Å². The Bertz CT molecular complexity index is 1340. The van der Waals surface area contributed by atoms with Gasteiger partial charge in [0, 0.05) is 0 Å². The molecule has 0 saturated heterocycles. The first-order chi connectivity index (χ1) is 16.7. The topological polar surface area (TPSA) is 0 Å². The zero-order valence-corrected chi connectivity index (χ0v) is 25.0. The van der Waals surface area contributed by atoms with Crippen LogP contribution in [0.3, 0.4) is 0 Å². The van der Waals surface area contributed by atoms with Crippen molar-refractivity contribution in [2.75, 3.05) is 0 Å². The van der Waals surface area contributed by atoms with Crippen molar-refractivity contribution in [3.8, 4) is 22.3 Å². The molecule has 0 heterocycles. The van der Waals surface area contributed by atoms with Crippen LogP contribution in [0.1, 0.15) is 11.1 Å². The van der Waals surface area contributed by atoms with Crippen molar-refractivity contribution < 1.29 is 23.3 Å². The summed E-state index contributed by atoms with van der Waals surface area (Å²) in [6.45, 7) is 7.38. The van der Waals surface area contributed by atoms with Crippen LogP contribution in [0, 0.1) is 28.7 Å². The molecule has 0 nitrogen and oxygen atoms in total. The summed E-state index contributed by atoms with van der Waals surface area (Å²) in [7, 11) is 0. The fourth-order valence-electron chi connectivity index (χ4n) is 4.41. The molecule has 0 fully saturated rings. The first-order valence-corrected chi connectivity index (χ1v) is 15.6. The molecule has 6 rings (SSSR count). The fraction of sp³-hybridized carbons (Fsp3) is 0.0588. The van der Waals surface area contributed by atoms with Crippen LogP contribution >= 0.6 is 0 Å². The molecule has 0 N–H and O–H groups in total. The van der Waals surface area contributed by atoms with E-state index in [0.29, 0.717) is 0 Å². The quantitative estimate of drug-likeness (QED) is 0.146. The van der Waals surface area contributed by atoms with E-state index >= 15 is 0 Å². The summed E-state index contributed by atoms with van der Waals surface area (Å²) in [5.41, 5.74) is 7.96. The van der Waals surface area contributed by atoms with Crippen molar-refractivity contribution in [1.29, 1.82) is 0 Å². The first kappa shape index (κ1) is 29.4. The predicted molar refractivity (Wildman–Crippen MR) is 158 cm³/mol. The Kier molecular flexibility index (Phi) is 11.5. The molecular weight excluding hydrogens is 528 g/mol. The van der Waals surface area contributed by atoms with Gasteiger partial charge in [-0.3, -0.25) is 0 Å². The summed E-state index contributed by atoms with van der Waals surface area (Å²) in [4.78, 5) is 0. The second-order valence-electron chi connectivity index (χ2n) is 8.38. The summed E-state index contributed by atoms with van der Waals surface area (Å²) in [6.07, 6.45) is 0. The van der Waals surface area contributed by atoms with Gasteiger partial charge in [0.1, 0.15) is 0 Å². The van der Waals surface area contributed by atoms with E-state index in [2.05, 4.69) is 142 Å². The minimum atomic E-state index is 0. The number of hydrogen-bond donors (Lipinski definition) is 0. The number of hydrogen-bond acceptors (Lipinski definition) is 0. The molecule has 0 amide bonds. The van der Waals surface area contributed by atoms with E-state index in [1.807, 2.05) is 0 Å². The summed E-state index contributed by atoms with van der Waals surface area (Å²) < 4.78 is 0. The van der Waals surface area contributed by atoms with Gasteiger partial charge in [-0.2, -0.15) is 0 Å². The van der Waals surface area contributed by atoms with Gasteiger partial charge in [0.05, 0.1) is 0 Å². The van der Waals surface area contributed by atoms with Crippen molar-refractivity contribution in [3.05, 3.63) is 147 Å². The third-order valence-electron chi connectivity index (χ3n) is 6.15. The van der Waals surface area contributed by atoms with Crippen molar-refractivity contribution >= 4 is 28.4 Å². The third-order valence-corrected chi connectivity index (χ3v) is 6.15. The monoisotopic (exact) mass is 558 g/mol. The van der Waals surface area contributed by atoms with Crippen molar-refractivity contribution in [1.82, 2.24) is 0 Å². The van der Waals surface area contributed by atoms with Crippen LogP contribution in [0.25, 0.3) is 43.8 Å². The van der Waals surface area contributed by atoms with Gasteiger partial charge >= 0.3 is 30.2 Å². The molecule has 0 aliphatic carbocycles. The van der Waals surface area contributed by atoms with E-state index in [4.69, 9.17) is 0 Å². The van der Waals surface area contributed by atoms with E-state index in [1.54, 1.807) is 0 Å². The number of fused-ring (bicyclic) bond motifs is 2. The normalized spacial score (nSPS) is 9.69. The Labute approximate surface area is 233 Å². The van der Waals surface area contributed by atoms with E-state index in [-0.39, 0.29) is 14.9 Å². The van der Waals surface area contributed by atoms with E-state index in [1.165, 1.54) is 78.3 Å². The van der Waals surface area contributed by atoms with Gasteiger partial charge in [-0.15, -0.1) is 69.1 Å². The number of aryl methyl sites for hydroxylation is 2. The van der Waals surface area contributed by atoms with Crippen LogP contribution < -0.4 is 0 Å². The van der Waals surface area contributed by atoms with Crippen LogP contribution in [0.5, 0.6) is 0 Å². The molecule has 180 valence electrons. The molecular formula is C34H32SiZr-4. The Morgan fingerprint density at radius 1 is 0.500 bits per heavy atom. The van der Waals surface area contributed by atoms with E-state index in [9.17, 15) is 0 Å². The van der Waals surface area contributed by atoms with Crippen molar-refractivity contribution in [3.63, 3.8) is 0 Å². The van der Waals surface area contributed by atoms with Gasteiger partial charge in [-0.05, 0) is 13.8 Å². The second-order valence-corrected chi connectivity index (χ2v) is 8.38. The summed E-state index contributed by atoms with van der Waals surface area (Å²) in [5.74, 6) is 0. The maximum atomic E-state index is 3.06. The molecule has 0 saturated carbocycles.